The molecule has 1 unspecified atom stereocenters. The number of amides is 1. The van der Waals surface area contributed by atoms with E-state index in [9.17, 15) is 4.79 Å². The average Bonchev–Trinajstić information content (AvgIpc) is 3.24. The summed E-state index contributed by atoms with van der Waals surface area (Å²) in [5.41, 5.74) is 1.78. The summed E-state index contributed by atoms with van der Waals surface area (Å²) in [7, 11) is 0. The van der Waals surface area contributed by atoms with Gasteiger partial charge in [-0.1, -0.05) is 6.92 Å². The molecule has 23 heavy (non-hydrogen) atoms. The largest absolute Gasteiger partial charge is 0.326 e. The second kappa shape index (κ2) is 5.77. The van der Waals surface area contributed by atoms with Crippen molar-refractivity contribution in [3.63, 3.8) is 0 Å². The molecular weight excluding hydrogens is 290 g/mol. The summed E-state index contributed by atoms with van der Waals surface area (Å²) in [6.07, 6.45) is 2.41. The number of carbonyl (C=O) groups excluding carboxylic acids is 1. The number of aromatic amines is 1. The lowest BCUT2D eigenvalue weighted by Crippen LogP contribution is -2.48. The van der Waals surface area contributed by atoms with Gasteiger partial charge in [0, 0.05) is 23.1 Å². The molecule has 1 amide bonds. The number of carbonyl (C=O) groups is 1. The Balaban J connectivity index is 1.41. The van der Waals surface area contributed by atoms with Gasteiger partial charge in [-0.25, -0.2) is 4.98 Å². The Bertz CT molecular complexity index is 700. The molecule has 1 saturated heterocycles. The van der Waals surface area contributed by atoms with Crippen LogP contribution in [0.1, 0.15) is 31.5 Å². The molecule has 4 rings (SSSR count). The highest BCUT2D eigenvalue weighted by Crippen LogP contribution is 2.38. The van der Waals surface area contributed by atoms with Gasteiger partial charge in [-0.3, -0.25) is 9.89 Å². The third-order valence-corrected chi connectivity index (χ3v) is 4.81. The maximum atomic E-state index is 12.2. The third kappa shape index (κ3) is 2.99. The minimum Gasteiger partial charge on any atom is -0.326 e. The van der Waals surface area contributed by atoms with Crippen LogP contribution in [-0.4, -0.2) is 34.2 Å². The van der Waals surface area contributed by atoms with Gasteiger partial charge in [-0.2, -0.15) is 5.10 Å². The van der Waals surface area contributed by atoms with Crippen molar-refractivity contribution in [3.05, 3.63) is 30.1 Å². The predicted molar refractivity (Wildman–Crippen MR) is 87.9 cm³/mol. The third-order valence-electron chi connectivity index (χ3n) is 4.81. The van der Waals surface area contributed by atoms with Gasteiger partial charge in [0.05, 0.1) is 0 Å². The van der Waals surface area contributed by atoms with E-state index in [1.54, 1.807) is 0 Å². The van der Waals surface area contributed by atoms with Crippen molar-refractivity contribution < 1.29 is 4.79 Å². The molecule has 0 bridgehead atoms. The topological polar surface area (TPSA) is 82.7 Å². The van der Waals surface area contributed by atoms with Gasteiger partial charge < -0.3 is 10.6 Å². The zero-order valence-electron chi connectivity index (χ0n) is 13.2. The van der Waals surface area contributed by atoms with E-state index in [4.69, 9.17) is 0 Å². The van der Waals surface area contributed by atoms with Crippen molar-refractivity contribution in [2.45, 2.75) is 25.7 Å². The average molecular weight is 311 g/mol. The second-order valence-corrected chi connectivity index (χ2v) is 6.59. The molecule has 0 radical (unpaired) electrons. The Morgan fingerprint density at radius 2 is 2.00 bits per heavy atom. The first-order valence-corrected chi connectivity index (χ1v) is 8.25. The van der Waals surface area contributed by atoms with Crippen molar-refractivity contribution in [1.29, 1.82) is 0 Å². The maximum absolute atomic E-state index is 12.2. The van der Waals surface area contributed by atoms with Crippen LogP contribution in [0.2, 0.25) is 0 Å². The molecule has 6 heteroatoms. The monoisotopic (exact) mass is 311 g/mol. The summed E-state index contributed by atoms with van der Waals surface area (Å²) in [6, 6.07) is 7.72. The number of anilines is 1. The van der Waals surface area contributed by atoms with Gasteiger partial charge in [0.1, 0.15) is 5.82 Å². The van der Waals surface area contributed by atoms with Crippen LogP contribution in [0.25, 0.3) is 11.4 Å². The number of aromatic nitrogens is 3. The molecule has 2 aliphatic rings. The number of hydrogen-bond acceptors (Lipinski definition) is 4. The first-order chi connectivity index (χ1) is 11.2. The molecule has 6 nitrogen and oxygen atoms in total. The van der Waals surface area contributed by atoms with Crippen LogP contribution in [0.3, 0.4) is 0 Å². The van der Waals surface area contributed by atoms with Gasteiger partial charge in [0.2, 0.25) is 5.91 Å². The van der Waals surface area contributed by atoms with Crippen LogP contribution in [0.4, 0.5) is 5.69 Å². The maximum Gasteiger partial charge on any atom is 0.227 e. The normalized spacial score (nSPS) is 19.2. The number of hydrogen-bond donors (Lipinski definition) is 3. The quantitative estimate of drug-likeness (QED) is 0.790. The zero-order chi connectivity index (χ0) is 15.8. The van der Waals surface area contributed by atoms with Crippen molar-refractivity contribution >= 4 is 11.6 Å². The van der Waals surface area contributed by atoms with Crippen molar-refractivity contribution in [1.82, 2.24) is 20.5 Å². The van der Waals surface area contributed by atoms with Crippen LogP contribution in [-0.2, 0) is 4.79 Å². The molecule has 1 aromatic heterocycles. The molecule has 1 saturated carbocycles. The van der Waals surface area contributed by atoms with Crippen molar-refractivity contribution in [2.75, 3.05) is 18.4 Å². The van der Waals surface area contributed by atoms with Crippen LogP contribution >= 0.6 is 0 Å². The summed E-state index contributed by atoms with van der Waals surface area (Å²) >= 11 is 0. The number of benzene rings is 1. The van der Waals surface area contributed by atoms with Gasteiger partial charge in [-0.15, -0.1) is 0 Å². The van der Waals surface area contributed by atoms with Gasteiger partial charge in [-0.05, 0) is 56.1 Å². The van der Waals surface area contributed by atoms with Gasteiger partial charge in [0.25, 0.3) is 0 Å². The standard InChI is InChI=1S/C17H21N5O/c1-10(13-8-18-9-13)17(23)19-14-6-4-12(5-7-14)16-20-15(21-22-16)11-2-3-11/h4-7,10-11,13,18H,2-3,8-9H2,1H3,(H,19,23)(H,20,21,22). The summed E-state index contributed by atoms with van der Waals surface area (Å²) in [5.74, 6) is 2.84. The SMILES string of the molecule is CC(C(=O)Nc1ccc(-c2n[nH]c(C3CC3)n2)cc1)C1CNC1. The first kappa shape index (κ1) is 14.4. The highest BCUT2D eigenvalue weighted by molar-refractivity contribution is 5.92. The molecule has 1 atom stereocenters. The Morgan fingerprint density at radius 3 is 2.61 bits per heavy atom. The Kier molecular flexibility index (Phi) is 3.61. The Morgan fingerprint density at radius 1 is 1.26 bits per heavy atom. The van der Waals surface area contributed by atoms with E-state index in [2.05, 4.69) is 25.8 Å². The fourth-order valence-electron chi connectivity index (χ4n) is 2.78. The minimum absolute atomic E-state index is 0.0324. The Labute approximate surface area is 135 Å². The lowest BCUT2D eigenvalue weighted by molar-refractivity contribution is -0.121. The molecule has 1 aromatic carbocycles. The second-order valence-electron chi connectivity index (χ2n) is 6.59. The van der Waals surface area contributed by atoms with E-state index in [0.29, 0.717) is 11.8 Å². The molecular formula is C17H21N5O. The van der Waals surface area contributed by atoms with E-state index >= 15 is 0 Å². The summed E-state index contributed by atoms with van der Waals surface area (Å²) in [4.78, 5) is 16.8. The summed E-state index contributed by atoms with van der Waals surface area (Å²) < 4.78 is 0. The van der Waals surface area contributed by atoms with E-state index in [1.807, 2.05) is 31.2 Å². The highest BCUT2D eigenvalue weighted by Gasteiger charge is 2.29. The smallest absolute Gasteiger partial charge is 0.227 e. The summed E-state index contributed by atoms with van der Waals surface area (Å²) in [6.45, 7) is 3.85. The molecule has 0 spiro atoms. The molecule has 3 N–H and O–H groups in total. The van der Waals surface area contributed by atoms with E-state index in [-0.39, 0.29) is 11.8 Å². The van der Waals surface area contributed by atoms with Gasteiger partial charge in [0.15, 0.2) is 5.82 Å². The highest BCUT2D eigenvalue weighted by atomic mass is 16.1. The van der Waals surface area contributed by atoms with Crippen LogP contribution in [0.5, 0.6) is 0 Å². The fraction of sp³-hybridized carbons (Fsp3) is 0.471. The summed E-state index contributed by atoms with van der Waals surface area (Å²) in [5, 5.41) is 13.5. The lowest BCUT2D eigenvalue weighted by atomic mass is 9.88. The van der Waals surface area contributed by atoms with Crippen LogP contribution in [0, 0.1) is 11.8 Å². The Hall–Kier alpha value is -2.21. The van der Waals surface area contributed by atoms with Gasteiger partial charge >= 0.3 is 0 Å². The van der Waals surface area contributed by atoms with E-state index in [1.165, 1.54) is 12.8 Å². The number of nitrogens with one attached hydrogen (secondary N) is 3. The molecule has 2 aromatic rings. The number of rotatable bonds is 5. The number of H-pyrrole nitrogens is 1. The predicted octanol–water partition coefficient (Wildman–Crippen LogP) is 2.14. The molecule has 2 fully saturated rings. The molecule has 120 valence electrons. The fourth-order valence-corrected chi connectivity index (χ4v) is 2.78. The van der Waals surface area contributed by atoms with Crippen molar-refractivity contribution in [3.8, 4) is 11.4 Å². The van der Waals surface area contributed by atoms with E-state index < -0.39 is 0 Å². The van der Waals surface area contributed by atoms with E-state index in [0.717, 1.165) is 36.0 Å². The first-order valence-electron chi connectivity index (χ1n) is 8.25. The molecule has 2 heterocycles. The van der Waals surface area contributed by atoms with Crippen molar-refractivity contribution in [2.24, 2.45) is 11.8 Å². The number of nitrogens with zero attached hydrogens (tertiary/aromatic N) is 2. The van der Waals surface area contributed by atoms with Crippen LogP contribution < -0.4 is 10.6 Å². The molecule has 1 aliphatic heterocycles. The minimum atomic E-state index is 0.0324. The van der Waals surface area contributed by atoms with Crippen LogP contribution in [0.15, 0.2) is 24.3 Å². The molecule has 1 aliphatic carbocycles. The lowest BCUT2D eigenvalue weighted by Gasteiger charge is -2.31. The zero-order valence-corrected chi connectivity index (χ0v) is 13.2.